The van der Waals surface area contributed by atoms with Crippen molar-refractivity contribution in [2.45, 2.75) is 33.2 Å². The average molecular weight is 464 g/mol. The second-order valence-corrected chi connectivity index (χ2v) is 8.63. The van der Waals surface area contributed by atoms with E-state index in [1.54, 1.807) is 19.1 Å². The molecule has 0 bridgehead atoms. The van der Waals surface area contributed by atoms with Crippen molar-refractivity contribution in [3.8, 4) is 0 Å². The average Bonchev–Trinajstić information content (AvgIpc) is 3.39. The fraction of sp³-hybridized carbons (Fsp3) is 0.292. The molecule has 2 saturated heterocycles. The summed E-state index contributed by atoms with van der Waals surface area (Å²) in [5.74, 6) is -1.32. The smallest absolute Gasteiger partial charge is 0.259 e. The number of anilines is 2. The van der Waals surface area contributed by atoms with E-state index in [1.807, 2.05) is 37.1 Å². The number of rotatable bonds is 4. The van der Waals surface area contributed by atoms with E-state index in [4.69, 9.17) is 0 Å². The molecule has 176 valence electrons. The largest absolute Gasteiger partial charge is 0.321 e. The molecule has 5 rings (SSSR count). The first-order chi connectivity index (χ1) is 16.3. The molecule has 0 saturated carbocycles. The van der Waals surface area contributed by atoms with Crippen molar-refractivity contribution in [1.82, 2.24) is 25.8 Å². The number of benzene rings is 2. The minimum atomic E-state index is -0.717. The van der Waals surface area contributed by atoms with Crippen LogP contribution in [0.15, 0.2) is 48.5 Å². The number of nitrogens with zero attached hydrogens (tertiary/aromatic N) is 3. The maximum atomic E-state index is 14.1. The molecule has 2 aliphatic heterocycles. The Hall–Kier alpha value is -3.76. The van der Waals surface area contributed by atoms with Gasteiger partial charge in [0.1, 0.15) is 17.8 Å². The van der Waals surface area contributed by atoms with Crippen molar-refractivity contribution in [1.29, 1.82) is 0 Å². The molecule has 0 spiro atoms. The van der Waals surface area contributed by atoms with E-state index in [2.05, 4.69) is 26.5 Å². The van der Waals surface area contributed by atoms with Gasteiger partial charge in [0.2, 0.25) is 5.91 Å². The molecule has 34 heavy (non-hydrogen) atoms. The Morgan fingerprint density at radius 2 is 1.94 bits per heavy atom. The molecule has 3 unspecified atom stereocenters. The molecular weight excluding hydrogens is 437 g/mol. The number of fused-ring (bicyclic) bond motifs is 1. The summed E-state index contributed by atoms with van der Waals surface area (Å²) in [4.78, 5) is 25.7. The molecule has 3 aromatic rings. The van der Waals surface area contributed by atoms with Gasteiger partial charge in [-0.3, -0.25) is 19.9 Å². The molecule has 9 nitrogen and oxygen atoms in total. The summed E-state index contributed by atoms with van der Waals surface area (Å²) in [5, 5.41) is 15.6. The van der Waals surface area contributed by atoms with Crippen LogP contribution >= 0.6 is 0 Å². The molecule has 2 aliphatic rings. The van der Waals surface area contributed by atoms with Crippen molar-refractivity contribution in [2.24, 2.45) is 5.92 Å². The fourth-order valence-corrected chi connectivity index (χ4v) is 4.46. The van der Waals surface area contributed by atoms with Gasteiger partial charge < -0.3 is 10.6 Å². The minimum Gasteiger partial charge on any atom is -0.321 e. The molecule has 0 radical (unpaired) electrons. The number of aromatic nitrogens is 2. The molecule has 2 amide bonds. The molecule has 2 fully saturated rings. The fourth-order valence-electron chi connectivity index (χ4n) is 4.46. The summed E-state index contributed by atoms with van der Waals surface area (Å²) in [6.45, 7) is 6.36. The first-order valence-corrected chi connectivity index (χ1v) is 11.1. The molecule has 3 heterocycles. The Balaban J connectivity index is 1.43. The van der Waals surface area contributed by atoms with Crippen LogP contribution in [0.4, 0.5) is 15.9 Å². The highest BCUT2D eigenvalue weighted by molar-refractivity contribution is 6.04. The quantitative estimate of drug-likeness (QED) is 0.474. The van der Waals surface area contributed by atoms with Gasteiger partial charge in [-0.05, 0) is 50.1 Å². The van der Waals surface area contributed by atoms with Gasteiger partial charge in [-0.15, -0.1) is 0 Å². The highest BCUT2D eigenvalue weighted by atomic mass is 19.1. The van der Waals surface area contributed by atoms with Gasteiger partial charge in [0, 0.05) is 12.6 Å². The van der Waals surface area contributed by atoms with Crippen molar-refractivity contribution < 1.29 is 14.0 Å². The molecule has 3 atom stereocenters. The maximum Gasteiger partial charge on any atom is 0.259 e. The highest BCUT2D eigenvalue weighted by Gasteiger charge is 2.45. The van der Waals surface area contributed by atoms with Gasteiger partial charge in [0.05, 0.1) is 22.9 Å². The Labute approximate surface area is 196 Å². The van der Waals surface area contributed by atoms with Crippen molar-refractivity contribution in [3.63, 3.8) is 0 Å². The van der Waals surface area contributed by atoms with E-state index in [9.17, 15) is 14.0 Å². The van der Waals surface area contributed by atoms with Crippen LogP contribution in [-0.4, -0.2) is 34.3 Å². The van der Waals surface area contributed by atoms with Gasteiger partial charge in [-0.25, -0.2) is 14.5 Å². The normalized spacial score (nSPS) is 21.8. The van der Waals surface area contributed by atoms with E-state index >= 15 is 0 Å². The minimum absolute atomic E-state index is 0.0744. The summed E-state index contributed by atoms with van der Waals surface area (Å²) in [6.07, 6.45) is -1.05. The topological polar surface area (TPSA) is 103 Å². The predicted molar refractivity (Wildman–Crippen MR) is 125 cm³/mol. The zero-order valence-corrected chi connectivity index (χ0v) is 19.1. The number of carbonyl (C=O) groups excluding carboxylic acids is 2. The molecule has 4 N–H and O–H groups in total. The summed E-state index contributed by atoms with van der Waals surface area (Å²) in [7, 11) is 0. The number of hydrazine groups is 1. The van der Waals surface area contributed by atoms with Crippen LogP contribution in [0.25, 0.3) is 0 Å². The van der Waals surface area contributed by atoms with Crippen LogP contribution in [0.1, 0.15) is 33.5 Å². The third-order valence-electron chi connectivity index (χ3n) is 6.38. The van der Waals surface area contributed by atoms with Crippen molar-refractivity contribution in [3.05, 3.63) is 76.7 Å². The standard InChI is InChI=1S/C24H26FN7O2/c1-13-7-6-10-19(15(13)3)31-21-17(12-26-31)23(34)29-24(28-21)32-20(11-14(2)30-32)27-22(33)16-8-4-5-9-18(16)25/h4-11,17,21,24,26,28H,12H2,1-3H3,(H,27,33)(H,29,34). The lowest BCUT2D eigenvalue weighted by Crippen LogP contribution is -2.62. The Kier molecular flexibility index (Phi) is 5.54. The summed E-state index contributed by atoms with van der Waals surface area (Å²) < 4.78 is 15.6. The first kappa shape index (κ1) is 22.1. The van der Waals surface area contributed by atoms with E-state index < -0.39 is 18.0 Å². The van der Waals surface area contributed by atoms with E-state index in [0.717, 1.165) is 16.8 Å². The number of amides is 2. The highest BCUT2D eigenvalue weighted by Crippen LogP contribution is 2.31. The first-order valence-electron chi connectivity index (χ1n) is 11.1. The number of aryl methyl sites for hydroxylation is 2. The summed E-state index contributed by atoms with van der Waals surface area (Å²) in [5.41, 5.74) is 7.15. The Bertz CT molecular complexity index is 1270. The lowest BCUT2D eigenvalue weighted by molar-refractivity contribution is -0.129. The summed E-state index contributed by atoms with van der Waals surface area (Å²) in [6, 6.07) is 13.5. The van der Waals surface area contributed by atoms with Gasteiger partial charge in [-0.2, -0.15) is 5.10 Å². The maximum absolute atomic E-state index is 14.1. The van der Waals surface area contributed by atoms with Gasteiger partial charge >= 0.3 is 0 Å². The van der Waals surface area contributed by atoms with Gasteiger partial charge in [-0.1, -0.05) is 24.3 Å². The van der Waals surface area contributed by atoms with E-state index in [0.29, 0.717) is 18.1 Å². The third kappa shape index (κ3) is 3.80. The van der Waals surface area contributed by atoms with Crippen molar-refractivity contribution in [2.75, 3.05) is 16.9 Å². The Morgan fingerprint density at radius 1 is 1.15 bits per heavy atom. The van der Waals surface area contributed by atoms with Crippen LogP contribution < -0.4 is 26.4 Å². The Morgan fingerprint density at radius 3 is 2.74 bits per heavy atom. The lowest BCUT2D eigenvalue weighted by Gasteiger charge is -2.38. The molecule has 10 heteroatoms. The van der Waals surface area contributed by atoms with Crippen LogP contribution in [0.5, 0.6) is 0 Å². The zero-order chi connectivity index (χ0) is 24.0. The van der Waals surface area contributed by atoms with Gasteiger partial charge in [0.15, 0.2) is 6.29 Å². The van der Waals surface area contributed by atoms with Crippen LogP contribution in [0, 0.1) is 32.5 Å². The van der Waals surface area contributed by atoms with Crippen LogP contribution in [0.3, 0.4) is 0 Å². The molecular formula is C24H26FN7O2. The number of hydrogen-bond acceptors (Lipinski definition) is 6. The van der Waals surface area contributed by atoms with Gasteiger partial charge in [0.25, 0.3) is 5.91 Å². The third-order valence-corrected chi connectivity index (χ3v) is 6.38. The molecule has 1 aromatic heterocycles. The van der Waals surface area contributed by atoms with Crippen molar-refractivity contribution >= 4 is 23.3 Å². The van der Waals surface area contributed by atoms with E-state index in [-0.39, 0.29) is 23.6 Å². The second-order valence-electron chi connectivity index (χ2n) is 8.63. The summed E-state index contributed by atoms with van der Waals surface area (Å²) >= 11 is 0. The molecule has 0 aliphatic carbocycles. The predicted octanol–water partition coefficient (Wildman–Crippen LogP) is 2.34. The number of carbonyl (C=O) groups is 2. The lowest BCUT2D eigenvalue weighted by atomic mass is 10.0. The number of nitrogens with one attached hydrogen (secondary N) is 4. The number of hydrogen-bond donors (Lipinski definition) is 4. The second kappa shape index (κ2) is 8.54. The number of halogens is 1. The zero-order valence-electron chi connectivity index (χ0n) is 19.1. The van der Waals surface area contributed by atoms with E-state index in [1.165, 1.54) is 22.9 Å². The SMILES string of the molecule is Cc1cc(NC(=O)c2ccccc2F)n(C2NC(=O)C3CNN(c4cccc(C)c4C)C3N2)n1. The van der Waals surface area contributed by atoms with Crippen LogP contribution in [0.2, 0.25) is 0 Å². The van der Waals surface area contributed by atoms with Crippen LogP contribution in [-0.2, 0) is 4.79 Å². The molecule has 2 aromatic carbocycles. The monoisotopic (exact) mass is 463 g/mol.